The van der Waals surface area contributed by atoms with Gasteiger partial charge in [-0.15, -0.1) is 0 Å². The lowest BCUT2D eigenvalue weighted by Gasteiger charge is -2.08. The van der Waals surface area contributed by atoms with Gasteiger partial charge in [-0.25, -0.2) is 0 Å². The van der Waals surface area contributed by atoms with Crippen LogP contribution >= 0.6 is 0 Å². The maximum absolute atomic E-state index is 4.01. The van der Waals surface area contributed by atoms with E-state index in [9.17, 15) is 0 Å². The molecule has 1 rings (SSSR count). The van der Waals surface area contributed by atoms with Gasteiger partial charge in [-0.05, 0) is 25.2 Å². The van der Waals surface area contributed by atoms with Gasteiger partial charge < -0.3 is 0 Å². The Hall–Kier alpha value is -0.660. The van der Waals surface area contributed by atoms with E-state index in [0.717, 1.165) is 6.42 Å². The molecule has 2 nitrogen and oxygen atoms in total. The molecule has 2 heteroatoms. The van der Waals surface area contributed by atoms with Gasteiger partial charge in [0.15, 0.2) is 0 Å². The highest BCUT2D eigenvalue weighted by atomic mass is 15.2. The smallest absolute Gasteiger partial charge is 0.0301 e. The highest BCUT2D eigenvalue weighted by molar-refractivity contribution is 5.66. The molecule has 0 amide bonds. The predicted molar refractivity (Wildman–Crippen MR) is 63.1 cm³/mol. The molecule has 1 unspecified atom stereocenters. The Balaban J connectivity index is 2.00. The van der Waals surface area contributed by atoms with Crippen molar-refractivity contribution < 1.29 is 0 Å². The summed E-state index contributed by atoms with van der Waals surface area (Å²) in [5, 5.41) is 7.93. The second-order valence-corrected chi connectivity index (χ2v) is 4.10. The minimum atomic E-state index is 0.680. The van der Waals surface area contributed by atoms with E-state index in [1.807, 2.05) is 12.4 Å². The maximum Gasteiger partial charge on any atom is 0.0301 e. The molecule has 0 aromatic rings. The average Bonchev–Trinajstić information content (AvgIpc) is 2.46. The van der Waals surface area contributed by atoms with Crippen LogP contribution in [0.1, 0.15) is 58.3 Å². The lowest BCUT2D eigenvalue weighted by molar-refractivity contribution is 0.533. The van der Waals surface area contributed by atoms with Gasteiger partial charge in [-0.2, -0.15) is 10.2 Å². The lowest BCUT2D eigenvalue weighted by Crippen LogP contribution is -2.01. The molecule has 1 aliphatic rings. The molecule has 1 atom stereocenters. The lowest BCUT2D eigenvalue weighted by atomic mass is 9.97. The minimum absolute atomic E-state index is 0.680. The predicted octanol–water partition coefficient (Wildman–Crippen LogP) is 3.81. The summed E-state index contributed by atoms with van der Waals surface area (Å²) in [7, 11) is 0. The van der Waals surface area contributed by atoms with Crippen molar-refractivity contribution in [2.45, 2.75) is 58.3 Å². The summed E-state index contributed by atoms with van der Waals surface area (Å²) < 4.78 is 0. The minimum Gasteiger partial charge on any atom is -0.164 e. The molecule has 0 N–H and O–H groups in total. The van der Waals surface area contributed by atoms with Gasteiger partial charge in [0.1, 0.15) is 0 Å². The van der Waals surface area contributed by atoms with Crippen LogP contribution in [0.25, 0.3) is 0 Å². The molecule has 0 fully saturated rings. The highest BCUT2D eigenvalue weighted by Gasteiger charge is 2.06. The SMILES string of the molecule is CCCCCCCC1C=NN=CCC1. The van der Waals surface area contributed by atoms with Gasteiger partial charge in [0.2, 0.25) is 0 Å². The van der Waals surface area contributed by atoms with E-state index in [2.05, 4.69) is 17.1 Å². The average molecular weight is 194 g/mol. The number of rotatable bonds is 6. The molecule has 1 heterocycles. The van der Waals surface area contributed by atoms with E-state index in [1.165, 1.54) is 44.9 Å². The van der Waals surface area contributed by atoms with Crippen LogP contribution in [0.5, 0.6) is 0 Å². The van der Waals surface area contributed by atoms with Crippen LogP contribution in [0.4, 0.5) is 0 Å². The molecular formula is C12H22N2. The Morgan fingerprint density at radius 1 is 1.14 bits per heavy atom. The number of hydrogen-bond acceptors (Lipinski definition) is 2. The first-order valence-electron chi connectivity index (χ1n) is 5.98. The van der Waals surface area contributed by atoms with E-state index in [1.54, 1.807) is 0 Å². The van der Waals surface area contributed by atoms with E-state index in [-0.39, 0.29) is 0 Å². The second kappa shape index (κ2) is 7.72. The first-order chi connectivity index (χ1) is 6.93. The summed E-state index contributed by atoms with van der Waals surface area (Å²) in [6, 6.07) is 0. The summed E-state index contributed by atoms with van der Waals surface area (Å²) >= 11 is 0. The van der Waals surface area contributed by atoms with Crippen LogP contribution < -0.4 is 0 Å². The van der Waals surface area contributed by atoms with Crippen molar-refractivity contribution >= 4 is 12.4 Å². The van der Waals surface area contributed by atoms with Crippen molar-refractivity contribution in [3.05, 3.63) is 0 Å². The fourth-order valence-corrected chi connectivity index (χ4v) is 1.83. The van der Waals surface area contributed by atoms with E-state index in [0.29, 0.717) is 5.92 Å². The van der Waals surface area contributed by atoms with E-state index < -0.39 is 0 Å². The van der Waals surface area contributed by atoms with Gasteiger partial charge in [0.25, 0.3) is 0 Å². The zero-order valence-electron chi connectivity index (χ0n) is 9.28. The van der Waals surface area contributed by atoms with Gasteiger partial charge in [0.05, 0.1) is 0 Å². The molecule has 14 heavy (non-hydrogen) atoms. The third kappa shape index (κ3) is 5.15. The van der Waals surface area contributed by atoms with Crippen LogP contribution in [-0.2, 0) is 0 Å². The van der Waals surface area contributed by atoms with Crippen molar-refractivity contribution in [3.63, 3.8) is 0 Å². The van der Waals surface area contributed by atoms with Crippen LogP contribution in [-0.4, -0.2) is 12.4 Å². The second-order valence-electron chi connectivity index (χ2n) is 4.10. The number of hydrogen-bond donors (Lipinski definition) is 0. The van der Waals surface area contributed by atoms with Crippen molar-refractivity contribution in [1.82, 2.24) is 0 Å². The molecule has 0 spiro atoms. The maximum atomic E-state index is 4.01. The molecule has 1 aliphatic heterocycles. The molecule has 0 aromatic carbocycles. The van der Waals surface area contributed by atoms with Crippen molar-refractivity contribution in [3.8, 4) is 0 Å². The third-order valence-corrected chi connectivity index (χ3v) is 2.77. The van der Waals surface area contributed by atoms with Crippen LogP contribution in [0, 0.1) is 5.92 Å². The highest BCUT2D eigenvalue weighted by Crippen LogP contribution is 2.15. The largest absolute Gasteiger partial charge is 0.164 e. The molecule has 0 radical (unpaired) electrons. The zero-order chi connectivity index (χ0) is 10.1. The topological polar surface area (TPSA) is 24.7 Å². The number of nitrogens with zero attached hydrogens (tertiary/aromatic N) is 2. The Morgan fingerprint density at radius 2 is 2.00 bits per heavy atom. The van der Waals surface area contributed by atoms with E-state index >= 15 is 0 Å². The first-order valence-corrected chi connectivity index (χ1v) is 5.98. The fourth-order valence-electron chi connectivity index (χ4n) is 1.83. The van der Waals surface area contributed by atoms with Crippen molar-refractivity contribution in [2.75, 3.05) is 0 Å². The normalized spacial score (nSPS) is 21.1. The summed E-state index contributed by atoms with van der Waals surface area (Å²) in [5.74, 6) is 0.680. The summed E-state index contributed by atoms with van der Waals surface area (Å²) in [6.07, 6.45) is 14.5. The Bertz CT molecular complexity index is 185. The molecule has 0 saturated heterocycles. The summed E-state index contributed by atoms with van der Waals surface area (Å²) in [6.45, 7) is 2.26. The van der Waals surface area contributed by atoms with Crippen LogP contribution in [0.2, 0.25) is 0 Å². The number of unbranched alkanes of at least 4 members (excludes halogenated alkanes) is 4. The van der Waals surface area contributed by atoms with Crippen molar-refractivity contribution in [1.29, 1.82) is 0 Å². The van der Waals surface area contributed by atoms with Gasteiger partial charge in [0, 0.05) is 12.4 Å². The molecule has 0 aromatic heterocycles. The third-order valence-electron chi connectivity index (χ3n) is 2.77. The van der Waals surface area contributed by atoms with Gasteiger partial charge >= 0.3 is 0 Å². The molecule has 0 bridgehead atoms. The van der Waals surface area contributed by atoms with Crippen LogP contribution in [0.15, 0.2) is 10.2 Å². The molecule has 0 saturated carbocycles. The molecule has 80 valence electrons. The van der Waals surface area contributed by atoms with Gasteiger partial charge in [-0.1, -0.05) is 39.0 Å². The quantitative estimate of drug-likeness (QED) is 0.574. The zero-order valence-corrected chi connectivity index (χ0v) is 9.28. The summed E-state index contributed by atoms with van der Waals surface area (Å²) in [4.78, 5) is 0. The van der Waals surface area contributed by atoms with Gasteiger partial charge in [-0.3, -0.25) is 0 Å². The first kappa shape index (κ1) is 11.4. The monoisotopic (exact) mass is 194 g/mol. The molecular weight excluding hydrogens is 172 g/mol. The summed E-state index contributed by atoms with van der Waals surface area (Å²) in [5.41, 5.74) is 0. The Labute approximate surface area is 87.5 Å². The Morgan fingerprint density at radius 3 is 2.86 bits per heavy atom. The van der Waals surface area contributed by atoms with Crippen molar-refractivity contribution in [2.24, 2.45) is 16.1 Å². The fraction of sp³-hybridized carbons (Fsp3) is 0.833. The standard InChI is InChI=1S/C12H22N2/c1-2-3-4-5-6-8-12-9-7-10-13-14-11-12/h10-12H,2-9H2,1H3. The van der Waals surface area contributed by atoms with Crippen LogP contribution in [0.3, 0.4) is 0 Å². The molecule has 0 aliphatic carbocycles. The van der Waals surface area contributed by atoms with E-state index in [4.69, 9.17) is 0 Å². The Kier molecular flexibility index (Phi) is 6.29.